The molecule has 27 heavy (non-hydrogen) atoms. The SMILES string of the molecule is CC1(Cc2ccc3c(c2)OCO3)CCCN(C(=O)c2ncc(F)cc2F)C1. The van der Waals surface area contributed by atoms with Crippen molar-refractivity contribution in [3.05, 3.63) is 53.4 Å². The highest BCUT2D eigenvalue weighted by atomic mass is 19.1. The van der Waals surface area contributed by atoms with Gasteiger partial charge in [-0.3, -0.25) is 4.79 Å². The first-order valence-electron chi connectivity index (χ1n) is 8.92. The highest BCUT2D eigenvalue weighted by molar-refractivity contribution is 5.92. The van der Waals surface area contributed by atoms with Gasteiger partial charge >= 0.3 is 0 Å². The second-order valence-corrected chi connectivity index (χ2v) is 7.49. The number of fused-ring (bicyclic) bond motifs is 1. The average Bonchev–Trinajstić information content (AvgIpc) is 3.08. The van der Waals surface area contributed by atoms with Gasteiger partial charge in [-0.15, -0.1) is 0 Å². The van der Waals surface area contributed by atoms with Crippen LogP contribution >= 0.6 is 0 Å². The topological polar surface area (TPSA) is 51.7 Å². The lowest BCUT2D eigenvalue weighted by atomic mass is 9.77. The minimum Gasteiger partial charge on any atom is -0.454 e. The number of likely N-dealkylation sites (tertiary alicyclic amines) is 1. The third kappa shape index (κ3) is 3.59. The molecule has 1 atom stereocenters. The van der Waals surface area contributed by atoms with Gasteiger partial charge in [-0.25, -0.2) is 13.8 Å². The van der Waals surface area contributed by atoms with Crippen LogP contribution in [-0.2, 0) is 6.42 Å². The van der Waals surface area contributed by atoms with Gasteiger partial charge < -0.3 is 14.4 Å². The van der Waals surface area contributed by atoms with Crippen LogP contribution in [0.5, 0.6) is 11.5 Å². The van der Waals surface area contributed by atoms with E-state index in [9.17, 15) is 13.6 Å². The number of amides is 1. The first-order valence-corrected chi connectivity index (χ1v) is 8.92. The zero-order valence-corrected chi connectivity index (χ0v) is 15.0. The standard InChI is InChI=1S/C20H20F2N2O3/c1-20(9-13-3-4-16-17(7-13)27-12-26-16)5-2-6-24(11-20)19(25)18-15(22)8-14(21)10-23-18/h3-4,7-8,10H,2,5-6,9,11-12H2,1H3. The average molecular weight is 374 g/mol. The molecule has 3 heterocycles. The van der Waals surface area contributed by atoms with E-state index in [1.54, 1.807) is 4.90 Å². The van der Waals surface area contributed by atoms with E-state index in [1.165, 1.54) is 0 Å². The Morgan fingerprint density at radius 1 is 1.26 bits per heavy atom. The molecular weight excluding hydrogens is 354 g/mol. The van der Waals surface area contributed by atoms with E-state index in [4.69, 9.17) is 9.47 Å². The number of benzene rings is 1. The summed E-state index contributed by atoms with van der Waals surface area (Å²) >= 11 is 0. The fourth-order valence-corrected chi connectivity index (χ4v) is 3.90. The maximum atomic E-state index is 13.9. The molecule has 2 aliphatic rings. The second-order valence-electron chi connectivity index (χ2n) is 7.49. The lowest BCUT2D eigenvalue weighted by Crippen LogP contribution is -2.46. The zero-order valence-electron chi connectivity index (χ0n) is 15.0. The number of hydrogen-bond donors (Lipinski definition) is 0. The molecule has 5 nitrogen and oxygen atoms in total. The Labute approximate surface area is 155 Å². The number of rotatable bonds is 3. The Hall–Kier alpha value is -2.70. The minimum atomic E-state index is -0.928. The lowest BCUT2D eigenvalue weighted by Gasteiger charge is -2.40. The molecule has 0 saturated carbocycles. The van der Waals surface area contributed by atoms with Crippen molar-refractivity contribution in [2.45, 2.75) is 26.2 Å². The molecule has 7 heteroatoms. The molecule has 1 saturated heterocycles. The number of halogens is 2. The van der Waals surface area contributed by atoms with Crippen LogP contribution in [0, 0.1) is 17.0 Å². The van der Waals surface area contributed by atoms with Crippen LogP contribution in [0.3, 0.4) is 0 Å². The van der Waals surface area contributed by atoms with Gasteiger partial charge in [0, 0.05) is 19.2 Å². The number of nitrogens with zero attached hydrogens (tertiary/aromatic N) is 2. The number of piperidine rings is 1. The van der Waals surface area contributed by atoms with Crippen LogP contribution < -0.4 is 9.47 Å². The van der Waals surface area contributed by atoms with Gasteiger partial charge in [0.05, 0.1) is 6.20 Å². The Morgan fingerprint density at radius 2 is 2.07 bits per heavy atom. The summed E-state index contributed by atoms with van der Waals surface area (Å²) in [6, 6.07) is 6.55. The van der Waals surface area contributed by atoms with E-state index in [-0.39, 0.29) is 17.9 Å². The third-order valence-corrected chi connectivity index (χ3v) is 5.15. The molecule has 4 rings (SSSR count). The number of carbonyl (C=O) groups is 1. The molecule has 2 aliphatic heterocycles. The molecule has 1 unspecified atom stereocenters. The van der Waals surface area contributed by atoms with Crippen molar-refractivity contribution in [3.63, 3.8) is 0 Å². The van der Waals surface area contributed by atoms with Gasteiger partial charge in [-0.1, -0.05) is 13.0 Å². The van der Waals surface area contributed by atoms with Gasteiger partial charge in [0.2, 0.25) is 6.79 Å². The monoisotopic (exact) mass is 374 g/mol. The van der Waals surface area contributed by atoms with Crippen LogP contribution in [0.2, 0.25) is 0 Å². The summed E-state index contributed by atoms with van der Waals surface area (Å²) in [4.78, 5) is 18.0. The number of hydrogen-bond acceptors (Lipinski definition) is 4. The third-order valence-electron chi connectivity index (χ3n) is 5.15. The number of ether oxygens (including phenoxy) is 2. The Morgan fingerprint density at radius 3 is 2.89 bits per heavy atom. The summed E-state index contributed by atoms with van der Waals surface area (Å²) in [6.07, 6.45) is 3.39. The maximum Gasteiger partial charge on any atom is 0.275 e. The van der Waals surface area contributed by atoms with Gasteiger partial charge in [0.15, 0.2) is 23.0 Å². The molecule has 2 aromatic rings. The van der Waals surface area contributed by atoms with Crippen LogP contribution in [-0.4, -0.2) is 35.7 Å². The molecule has 0 spiro atoms. The van der Waals surface area contributed by atoms with Crippen molar-refractivity contribution >= 4 is 5.91 Å². The summed E-state index contributed by atoms with van der Waals surface area (Å²) in [5, 5.41) is 0. The van der Waals surface area contributed by atoms with Crippen LogP contribution in [0.15, 0.2) is 30.5 Å². The summed E-state index contributed by atoms with van der Waals surface area (Å²) in [5.74, 6) is -0.748. The molecule has 0 aliphatic carbocycles. The first kappa shape index (κ1) is 17.7. The fourth-order valence-electron chi connectivity index (χ4n) is 3.90. The van der Waals surface area contributed by atoms with Gasteiger partial charge in [0.1, 0.15) is 5.82 Å². The van der Waals surface area contributed by atoms with Gasteiger partial charge in [-0.2, -0.15) is 0 Å². The lowest BCUT2D eigenvalue weighted by molar-refractivity contribution is 0.0540. The van der Waals surface area contributed by atoms with E-state index in [0.29, 0.717) is 19.2 Å². The second kappa shape index (κ2) is 6.79. The molecule has 0 N–H and O–H groups in total. The molecular formula is C20H20F2N2O3. The molecule has 142 valence electrons. The molecule has 0 radical (unpaired) electrons. The zero-order chi connectivity index (χ0) is 19.0. The number of aromatic nitrogens is 1. The van der Waals surface area contributed by atoms with E-state index >= 15 is 0 Å². The summed E-state index contributed by atoms with van der Waals surface area (Å²) < 4.78 is 37.8. The predicted octanol–water partition coefficient (Wildman–Crippen LogP) is 3.57. The van der Waals surface area contributed by atoms with E-state index in [0.717, 1.165) is 42.5 Å². The van der Waals surface area contributed by atoms with Crippen molar-refractivity contribution < 1.29 is 23.0 Å². The Kier molecular flexibility index (Phi) is 4.45. The summed E-state index contributed by atoms with van der Waals surface area (Å²) in [6.45, 7) is 3.37. The predicted molar refractivity (Wildman–Crippen MR) is 93.7 cm³/mol. The molecule has 1 fully saturated rings. The summed E-state index contributed by atoms with van der Waals surface area (Å²) in [5.41, 5.74) is 0.615. The Balaban J connectivity index is 1.50. The van der Waals surface area contributed by atoms with E-state index in [2.05, 4.69) is 11.9 Å². The van der Waals surface area contributed by atoms with Crippen LogP contribution in [0.1, 0.15) is 35.8 Å². The van der Waals surface area contributed by atoms with Crippen LogP contribution in [0.25, 0.3) is 0 Å². The normalized spacial score (nSPS) is 21.4. The largest absolute Gasteiger partial charge is 0.454 e. The van der Waals surface area contributed by atoms with Gasteiger partial charge in [0.25, 0.3) is 5.91 Å². The Bertz CT molecular complexity index is 890. The molecule has 1 aromatic heterocycles. The van der Waals surface area contributed by atoms with Crippen molar-refractivity contribution in [1.29, 1.82) is 0 Å². The van der Waals surface area contributed by atoms with Crippen molar-refractivity contribution in [3.8, 4) is 11.5 Å². The number of carbonyl (C=O) groups excluding carboxylic acids is 1. The van der Waals surface area contributed by atoms with Crippen molar-refractivity contribution in [1.82, 2.24) is 9.88 Å². The fraction of sp³-hybridized carbons (Fsp3) is 0.400. The maximum absolute atomic E-state index is 13.9. The van der Waals surface area contributed by atoms with E-state index in [1.807, 2.05) is 18.2 Å². The van der Waals surface area contributed by atoms with Crippen molar-refractivity contribution in [2.75, 3.05) is 19.9 Å². The molecule has 0 bridgehead atoms. The van der Waals surface area contributed by atoms with Crippen molar-refractivity contribution in [2.24, 2.45) is 5.41 Å². The van der Waals surface area contributed by atoms with E-state index < -0.39 is 17.5 Å². The quantitative estimate of drug-likeness (QED) is 0.824. The number of pyridine rings is 1. The highest BCUT2D eigenvalue weighted by Crippen LogP contribution is 2.37. The van der Waals surface area contributed by atoms with Crippen LogP contribution in [0.4, 0.5) is 8.78 Å². The highest BCUT2D eigenvalue weighted by Gasteiger charge is 2.35. The first-order chi connectivity index (χ1) is 12.9. The van der Waals surface area contributed by atoms with Gasteiger partial charge in [-0.05, 0) is 42.4 Å². The summed E-state index contributed by atoms with van der Waals surface area (Å²) in [7, 11) is 0. The minimum absolute atomic E-state index is 0.155. The smallest absolute Gasteiger partial charge is 0.275 e. The molecule has 1 aromatic carbocycles. The molecule has 1 amide bonds.